The SMILES string of the molecule is Cc1cc(-c2ccccc2)ccc1N(c1ccc(-c2cccc3oc4ccccc4c23)cc1)c1ccc(-c2ccccc2-n2c3ccccc3c3ccccc32)c2oc3ccccc3c12. The zero-order valence-corrected chi connectivity index (χ0v) is 35.6. The number of furan rings is 2. The maximum atomic E-state index is 7.06. The normalized spacial score (nSPS) is 11.8. The highest BCUT2D eigenvalue weighted by Crippen LogP contribution is 2.49. The molecule has 0 N–H and O–H groups in total. The fraction of sp³-hybridized carbons (Fsp3) is 0.0164. The van der Waals surface area contributed by atoms with Gasteiger partial charge in [0.1, 0.15) is 22.3 Å². The summed E-state index contributed by atoms with van der Waals surface area (Å²) >= 11 is 0. The lowest BCUT2D eigenvalue weighted by molar-refractivity contribution is 0.669. The van der Waals surface area contributed by atoms with Crippen LogP contribution in [-0.2, 0) is 0 Å². The van der Waals surface area contributed by atoms with Crippen LogP contribution in [0.4, 0.5) is 17.1 Å². The summed E-state index contributed by atoms with van der Waals surface area (Å²) in [6.45, 7) is 2.22. The topological polar surface area (TPSA) is 34.5 Å². The molecule has 0 aliphatic rings. The number of aryl methyl sites for hydroxylation is 1. The Hall–Kier alpha value is -8.60. The predicted molar refractivity (Wildman–Crippen MR) is 271 cm³/mol. The van der Waals surface area contributed by atoms with Crippen molar-refractivity contribution in [1.29, 1.82) is 0 Å². The zero-order valence-electron chi connectivity index (χ0n) is 35.6. The number of para-hydroxylation sites is 5. The second-order valence-electron chi connectivity index (χ2n) is 16.8. The monoisotopic (exact) mass is 832 g/mol. The quantitative estimate of drug-likeness (QED) is 0.160. The van der Waals surface area contributed by atoms with E-state index in [1.165, 1.54) is 32.9 Å². The van der Waals surface area contributed by atoms with Crippen molar-refractivity contribution in [2.75, 3.05) is 4.90 Å². The molecule has 3 heterocycles. The Kier molecular flexibility index (Phi) is 8.40. The minimum Gasteiger partial charge on any atom is -0.456 e. The Morgan fingerprint density at radius 2 is 0.938 bits per heavy atom. The van der Waals surface area contributed by atoms with Gasteiger partial charge in [-0.1, -0.05) is 152 Å². The van der Waals surface area contributed by atoms with Crippen molar-refractivity contribution in [1.82, 2.24) is 4.57 Å². The molecule has 0 aliphatic heterocycles. The summed E-state index contributed by atoms with van der Waals surface area (Å²) in [4.78, 5) is 2.41. The zero-order chi connectivity index (χ0) is 43.0. The van der Waals surface area contributed by atoms with Crippen LogP contribution < -0.4 is 4.90 Å². The van der Waals surface area contributed by atoms with Gasteiger partial charge in [-0.15, -0.1) is 0 Å². The summed E-state index contributed by atoms with van der Waals surface area (Å²) < 4.78 is 15.8. The molecule has 0 spiro atoms. The standard InChI is InChI=1S/C61H40N2O2/c1-39-38-42(40-16-3-2-4-17-40)32-36-51(39)62(43-33-30-41(31-34-43)44-23-15-29-58-59(44)49-21-8-13-27-56(49)64-58)55-37-35-48(61-60(55)50-22-9-14-28-57(50)65-61)47-20-7-12-26-54(47)63-52-24-10-5-18-45(52)46-19-6-11-25-53(46)63/h2-38H,1H3. The van der Waals surface area contributed by atoms with Gasteiger partial charge < -0.3 is 18.3 Å². The summed E-state index contributed by atoms with van der Waals surface area (Å²) in [7, 11) is 0. The maximum absolute atomic E-state index is 7.06. The summed E-state index contributed by atoms with van der Waals surface area (Å²) in [5, 5.41) is 6.82. The largest absolute Gasteiger partial charge is 0.456 e. The summed E-state index contributed by atoms with van der Waals surface area (Å²) in [6.07, 6.45) is 0. The molecule has 0 saturated carbocycles. The van der Waals surface area contributed by atoms with Crippen molar-refractivity contribution in [3.63, 3.8) is 0 Å². The molecule has 4 nitrogen and oxygen atoms in total. The van der Waals surface area contributed by atoms with E-state index in [1.807, 2.05) is 12.1 Å². The second-order valence-corrected chi connectivity index (χ2v) is 16.8. The van der Waals surface area contributed by atoms with Crippen molar-refractivity contribution < 1.29 is 8.83 Å². The molecule has 306 valence electrons. The Morgan fingerprint density at radius 3 is 1.68 bits per heavy atom. The molecule has 0 saturated heterocycles. The van der Waals surface area contributed by atoms with Gasteiger partial charge in [0.15, 0.2) is 0 Å². The van der Waals surface area contributed by atoms with E-state index < -0.39 is 0 Å². The van der Waals surface area contributed by atoms with Crippen LogP contribution in [0.15, 0.2) is 233 Å². The molecule has 10 aromatic carbocycles. The first kappa shape index (κ1) is 37.0. The van der Waals surface area contributed by atoms with Gasteiger partial charge in [-0.25, -0.2) is 0 Å². The van der Waals surface area contributed by atoms with Crippen molar-refractivity contribution in [3.05, 3.63) is 230 Å². The highest BCUT2D eigenvalue weighted by atomic mass is 16.3. The molecular formula is C61H40N2O2. The van der Waals surface area contributed by atoms with Gasteiger partial charge >= 0.3 is 0 Å². The molecule has 65 heavy (non-hydrogen) atoms. The fourth-order valence-electron chi connectivity index (χ4n) is 10.2. The Bertz CT molecular complexity index is 3910. The minimum absolute atomic E-state index is 0.843. The van der Waals surface area contributed by atoms with Gasteiger partial charge in [-0.3, -0.25) is 0 Å². The van der Waals surface area contributed by atoms with E-state index in [9.17, 15) is 0 Å². The Labute approximate surface area is 375 Å². The third kappa shape index (κ3) is 5.85. The van der Waals surface area contributed by atoms with Gasteiger partial charge in [0.25, 0.3) is 0 Å². The number of anilines is 3. The lowest BCUT2D eigenvalue weighted by Gasteiger charge is -2.29. The Morgan fingerprint density at radius 1 is 0.369 bits per heavy atom. The summed E-state index contributed by atoms with van der Waals surface area (Å²) in [5.74, 6) is 0. The van der Waals surface area contributed by atoms with E-state index >= 15 is 0 Å². The van der Waals surface area contributed by atoms with Crippen molar-refractivity contribution in [2.24, 2.45) is 0 Å². The first-order chi connectivity index (χ1) is 32.2. The summed E-state index contributed by atoms with van der Waals surface area (Å²) in [6, 6.07) is 80.1. The van der Waals surface area contributed by atoms with E-state index in [0.717, 1.165) is 94.4 Å². The van der Waals surface area contributed by atoms with Crippen LogP contribution in [0.2, 0.25) is 0 Å². The van der Waals surface area contributed by atoms with Gasteiger partial charge in [-0.05, 0) is 108 Å². The van der Waals surface area contributed by atoms with Gasteiger partial charge in [0.05, 0.1) is 27.8 Å². The lowest BCUT2D eigenvalue weighted by Crippen LogP contribution is -2.12. The molecule has 0 bridgehead atoms. The molecule has 4 heteroatoms. The van der Waals surface area contributed by atoms with Crippen LogP contribution in [0.5, 0.6) is 0 Å². The van der Waals surface area contributed by atoms with Crippen LogP contribution in [0.1, 0.15) is 5.56 Å². The highest BCUT2D eigenvalue weighted by Gasteiger charge is 2.25. The second kappa shape index (κ2) is 14.8. The average molecular weight is 833 g/mol. The third-order valence-electron chi connectivity index (χ3n) is 13.1. The first-order valence-corrected chi connectivity index (χ1v) is 22.2. The van der Waals surface area contributed by atoms with Gasteiger partial charge in [0, 0.05) is 49.4 Å². The van der Waals surface area contributed by atoms with Crippen molar-refractivity contribution in [3.8, 4) is 39.1 Å². The van der Waals surface area contributed by atoms with Crippen LogP contribution >= 0.6 is 0 Å². The fourth-order valence-corrected chi connectivity index (χ4v) is 10.2. The minimum atomic E-state index is 0.843. The number of fused-ring (bicyclic) bond motifs is 9. The van der Waals surface area contributed by atoms with E-state index in [1.54, 1.807) is 0 Å². The van der Waals surface area contributed by atoms with Crippen LogP contribution in [0.3, 0.4) is 0 Å². The van der Waals surface area contributed by atoms with E-state index in [2.05, 4.69) is 229 Å². The molecule has 0 amide bonds. The smallest absolute Gasteiger partial charge is 0.145 e. The van der Waals surface area contributed by atoms with Crippen LogP contribution in [0, 0.1) is 6.92 Å². The number of aromatic nitrogens is 1. The number of hydrogen-bond acceptors (Lipinski definition) is 3. The molecule has 3 aromatic heterocycles. The number of benzene rings is 10. The van der Waals surface area contributed by atoms with E-state index in [0.29, 0.717) is 0 Å². The molecule has 13 rings (SSSR count). The lowest BCUT2D eigenvalue weighted by atomic mass is 9.96. The molecule has 0 radical (unpaired) electrons. The highest BCUT2D eigenvalue weighted by molar-refractivity contribution is 6.18. The van der Waals surface area contributed by atoms with Crippen molar-refractivity contribution >= 4 is 82.7 Å². The number of rotatable bonds is 7. The predicted octanol–water partition coefficient (Wildman–Crippen LogP) is 17.4. The molecule has 0 atom stereocenters. The maximum Gasteiger partial charge on any atom is 0.145 e. The van der Waals surface area contributed by atoms with Gasteiger partial charge in [0.2, 0.25) is 0 Å². The number of hydrogen-bond donors (Lipinski definition) is 0. The van der Waals surface area contributed by atoms with Crippen molar-refractivity contribution in [2.45, 2.75) is 6.92 Å². The molecule has 0 aliphatic carbocycles. The molecule has 0 fully saturated rings. The summed E-state index contributed by atoms with van der Waals surface area (Å²) in [5.41, 5.74) is 18.0. The Balaban J connectivity index is 1.04. The van der Waals surface area contributed by atoms with Crippen LogP contribution in [-0.4, -0.2) is 4.57 Å². The molecule has 0 unspecified atom stereocenters. The van der Waals surface area contributed by atoms with Gasteiger partial charge in [-0.2, -0.15) is 0 Å². The van der Waals surface area contributed by atoms with E-state index in [-0.39, 0.29) is 0 Å². The third-order valence-corrected chi connectivity index (χ3v) is 13.1. The molecule has 13 aromatic rings. The van der Waals surface area contributed by atoms with E-state index in [4.69, 9.17) is 8.83 Å². The molecular weight excluding hydrogens is 793 g/mol. The first-order valence-electron chi connectivity index (χ1n) is 22.2. The average Bonchev–Trinajstić information content (AvgIpc) is 4.05. The number of nitrogens with zero attached hydrogens (tertiary/aromatic N) is 2. The van der Waals surface area contributed by atoms with Crippen LogP contribution in [0.25, 0.3) is 105 Å².